The quantitative estimate of drug-likeness (QED) is 0.474. The van der Waals surface area contributed by atoms with Crippen molar-refractivity contribution in [3.05, 3.63) is 0 Å². The number of rotatable bonds is 9. The molecule has 5 heteroatoms. The van der Waals surface area contributed by atoms with Gasteiger partial charge in [0.15, 0.2) is 7.28 Å². The van der Waals surface area contributed by atoms with Gasteiger partial charge in [0, 0.05) is 6.61 Å². The SMILES string of the molecule is CCCOC(=O)OC(C)([B]C(C)(C)COC(C)C)CC. The molecule has 20 heavy (non-hydrogen) atoms. The van der Waals surface area contributed by atoms with Gasteiger partial charge in [-0.2, -0.15) is 0 Å². The molecule has 0 amide bonds. The van der Waals surface area contributed by atoms with Gasteiger partial charge in [-0.1, -0.05) is 27.7 Å². The van der Waals surface area contributed by atoms with Crippen LogP contribution in [-0.2, 0) is 14.2 Å². The fourth-order valence-electron chi connectivity index (χ4n) is 1.86. The minimum absolute atomic E-state index is 0.180. The first kappa shape index (κ1) is 19.3. The summed E-state index contributed by atoms with van der Waals surface area (Å²) in [5.74, 6) is 0. The monoisotopic (exact) mass is 285 g/mol. The summed E-state index contributed by atoms with van der Waals surface area (Å²) in [6.45, 7) is 15.0. The molecule has 0 heterocycles. The van der Waals surface area contributed by atoms with Gasteiger partial charge < -0.3 is 14.2 Å². The number of carbonyl (C=O) groups excluding carboxylic acids is 1. The van der Waals surface area contributed by atoms with Gasteiger partial charge in [-0.15, -0.1) is 0 Å². The molecule has 0 aliphatic rings. The number of carbonyl (C=O) groups is 1. The standard InChI is InChI=1S/C15H30BO4/c1-8-10-18-13(17)20-15(7,9-2)16-14(5,6)11-19-12(3)4/h12H,8-11H2,1-7H3. The van der Waals surface area contributed by atoms with Crippen LogP contribution in [0.1, 0.15) is 61.3 Å². The molecular weight excluding hydrogens is 255 g/mol. The third-order valence-corrected chi connectivity index (χ3v) is 2.93. The summed E-state index contributed by atoms with van der Waals surface area (Å²) >= 11 is 0. The Morgan fingerprint density at radius 2 is 1.80 bits per heavy atom. The van der Waals surface area contributed by atoms with Gasteiger partial charge in [0.2, 0.25) is 0 Å². The topological polar surface area (TPSA) is 44.8 Å². The maximum atomic E-state index is 11.6. The van der Waals surface area contributed by atoms with E-state index in [1.807, 2.05) is 41.9 Å². The molecule has 0 N–H and O–H groups in total. The molecule has 0 saturated carbocycles. The second-order valence-corrected chi connectivity index (χ2v) is 6.36. The molecule has 0 aliphatic carbocycles. The molecule has 0 saturated heterocycles. The highest BCUT2D eigenvalue weighted by atomic mass is 16.7. The van der Waals surface area contributed by atoms with Gasteiger partial charge in [-0.3, -0.25) is 0 Å². The molecule has 1 unspecified atom stereocenters. The van der Waals surface area contributed by atoms with Gasteiger partial charge in [-0.05, 0) is 38.9 Å². The predicted molar refractivity (Wildman–Crippen MR) is 82.3 cm³/mol. The lowest BCUT2D eigenvalue weighted by Crippen LogP contribution is -2.44. The molecule has 0 aromatic carbocycles. The Bertz CT molecular complexity index is 292. The van der Waals surface area contributed by atoms with Crippen LogP contribution in [0.5, 0.6) is 0 Å². The third-order valence-electron chi connectivity index (χ3n) is 2.93. The molecular formula is C15H30BO4. The lowest BCUT2D eigenvalue weighted by molar-refractivity contribution is 0.00608. The zero-order valence-electron chi connectivity index (χ0n) is 14.1. The van der Waals surface area contributed by atoms with Gasteiger partial charge in [0.05, 0.1) is 18.2 Å². The molecule has 1 atom stereocenters. The average molecular weight is 285 g/mol. The van der Waals surface area contributed by atoms with Crippen molar-refractivity contribution in [1.82, 2.24) is 0 Å². The van der Waals surface area contributed by atoms with Crippen molar-refractivity contribution in [2.45, 2.75) is 78.2 Å². The van der Waals surface area contributed by atoms with Crippen LogP contribution in [0.15, 0.2) is 0 Å². The van der Waals surface area contributed by atoms with E-state index in [0.717, 1.165) is 6.42 Å². The Hall–Kier alpha value is -0.705. The van der Waals surface area contributed by atoms with E-state index in [9.17, 15) is 4.79 Å². The lowest BCUT2D eigenvalue weighted by Gasteiger charge is -2.35. The fraction of sp³-hybridized carbons (Fsp3) is 0.933. The Kier molecular flexibility index (Phi) is 8.25. The molecule has 0 spiro atoms. The van der Waals surface area contributed by atoms with Gasteiger partial charge in [-0.25, -0.2) is 4.79 Å². The van der Waals surface area contributed by atoms with Crippen LogP contribution in [0.2, 0.25) is 5.31 Å². The zero-order chi connectivity index (χ0) is 15.8. The third kappa shape index (κ3) is 8.46. The summed E-state index contributed by atoms with van der Waals surface area (Å²) in [5, 5.41) is -0.180. The molecule has 117 valence electrons. The number of hydrogen-bond acceptors (Lipinski definition) is 4. The largest absolute Gasteiger partial charge is 0.508 e. The molecule has 0 aromatic heterocycles. The molecule has 0 aromatic rings. The molecule has 0 fully saturated rings. The second kappa shape index (κ2) is 8.55. The van der Waals surface area contributed by atoms with E-state index in [2.05, 4.69) is 13.8 Å². The Morgan fingerprint density at radius 1 is 1.20 bits per heavy atom. The van der Waals surface area contributed by atoms with E-state index < -0.39 is 11.7 Å². The summed E-state index contributed by atoms with van der Waals surface area (Å²) in [6.07, 6.45) is 1.06. The first-order valence-electron chi connectivity index (χ1n) is 7.48. The first-order valence-corrected chi connectivity index (χ1v) is 7.48. The van der Waals surface area contributed by atoms with Gasteiger partial charge >= 0.3 is 6.16 Å². The van der Waals surface area contributed by atoms with Crippen LogP contribution in [0.4, 0.5) is 4.79 Å². The normalized spacial score (nSPS) is 14.8. The number of hydrogen-bond donors (Lipinski definition) is 0. The van der Waals surface area contributed by atoms with E-state index >= 15 is 0 Å². The van der Waals surface area contributed by atoms with E-state index in [1.165, 1.54) is 0 Å². The second-order valence-electron chi connectivity index (χ2n) is 6.36. The van der Waals surface area contributed by atoms with Crippen molar-refractivity contribution in [3.63, 3.8) is 0 Å². The molecule has 4 nitrogen and oxygen atoms in total. The minimum Gasteiger partial charge on any atom is -0.438 e. The number of ether oxygens (including phenoxy) is 3. The Morgan fingerprint density at radius 3 is 2.25 bits per heavy atom. The summed E-state index contributed by atoms with van der Waals surface area (Å²) < 4.78 is 16.1. The highest BCUT2D eigenvalue weighted by Gasteiger charge is 2.36. The van der Waals surface area contributed by atoms with Crippen LogP contribution in [-0.4, -0.2) is 38.3 Å². The van der Waals surface area contributed by atoms with Gasteiger partial charge in [0.25, 0.3) is 0 Å². The van der Waals surface area contributed by atoms with Crippen molar-refractivity contribution in [1.29, 1.82) is 0 Å². The lowest BCUT2D eigenvalue weighted by atomic mass is 9.44. The van der Waals surface area contributed by atoms with Crippen LogP contribution in [0.3, 0.4) is 0 Å². The summed E-state index contributed by atoms with van der Waals surface area (Å²) in [4.78, 5) is 11.6. The fourth-order valence-corrected chi connectivity index (χ4v) is 1.86. The zero-order valence-corrected chi connectivity index (χ0v) is 14.1. The van der Waals surface area contributed by atoms with Crippen LogP contribution < -0.4 is 0 Å². The van der Waals surface area contributed by atoms with Crippen molar-refractivity contribution in [2.24, 2.45) is 0 Å². The van der Waals surface area contributed by atoms with Crippen LogP contribution in [0, 0.1) is 0 Å². The molecule has 1 radical (unpaired) electrons. The summed E-state index contributed by atoms with van der Waals surface area (Å²) in [6, 6.07) is 0. The van der Waals surface area contributed by atoms with E-state index in [4.69, 9.17) is 14.2 Å². The Balaban J connectivity index is 4.51. The Labute approximate surface area is 124 Å². The van der Waals surface area contributed by atoms with Gasteiger partial charge in [0.1, 0.15) is 0 Å². The van der Waals surface area contributed by atoms with Crippen LogP contribution in [0.25, 0.3) is 0 Å². The summed E-state index contributed by atoms with van der Waals surface area (Å²) in [5.41, 5.74) is -0.644. The van der Waals surface area contributed by atoms with E-state index in [-0.39, 0.29) is 11.4 Å². The smallest absolute Gasteiger partial charge is 0.438 e. The van der Waals surface area contributed by atoms with Crippen molar-refractivity contribution in [2.75, 3.05) is 13.2 Å². The van der Waals surface area contributed by atoms with Crippen molar-refractivity contribution < 1.29 is 19.0 Å². The molecule has 0 rings (SSSR count). The average Bonchev–Trinajstić information content (AvgIpc) is 2.33. The van der Waals surface area contributed by atoms with Crippen molar-refractivity contribution >= 4 is 13.4 Å². The minimum atomic E-state index is -0.644. The maximum absolute atomic E-state index is 11.6. The van der Waals surface area contributed by atoms with E-state index in [0.29, 0.717) is 19.6 Å². The maximum Gasteiger partial charge on any atom is 0.508 e. The molecule has 0 aliphatic heterocycles. The highest BCUT2D eigenvalue weighted by molar-refractivity contribution is 6.43. The predicted octanol–water partition coefficient (Wildman–Crippen LogP) is 4.00. The molecule has 0 bridgehead atoms. The van der Waals surface area contributed by atoms with E-state index in [1.54, 1.807) is 0 Å². The van der Waals surface area contributed by atoms with Crippen molar-refractivity contribution in [3.8, 4) is 0 Å². The highest BCUT2D eigenvalue weighted by Crippen LogP contribution is 2.31. The summed E-state index contributed by atoms with van der Waals surface area (Å²) in [7, 11) is 2.04. The first-order chi connectivity index (χ1) is 9.14. The van der Waals surface area contributed by atoms with Crippen LogP contribution >= 0.6 is 0 Å².